The van der Waals surface area contributed by atoms with Crippen molar-refractivity contribution in [2.75, 3.05) is 0 Å². The summed E-state index contributed by atoms with van der Waals surface area (Å²) in [7, 11) is 0. The molecule has 0 radical (unpaired) electrons. The lowest BCUT2D eigenvalue weighted by atomic mass is 9.93. The van der Waals surface area contributed by atoms with Crippen LogP contribution in [0.25, 0.3) is 11.2 Å². The standard InChI is InChI=1S/C14H11ClN4S/c15-13-11-14(17-5-16-13)19(6-18-11)10-4-7-3-9(10)8-1-2-20-12(7)8/h1-2,5-7,9-10H,3-4H2/t7-,9-,10?/m1/s1. The van der Waals surface area contributed by atoms with Crippen molar-refractivity contribution in [1.29, 1.82) is 0 Å². The molecule has 3 heterocycles. The van der Waals surface area contributed by atoms with Crippen molar-refractivity contribution >= 4 is 34.1 Å². The van der Waals surface area contributed by atoms with E-state index in [4.69, 9.17) is 11.6 Å². The molecule has 0 aliphatic heterocycles. The first-order chi connectivity index (χ1) is 9.83. The fourth-order valence-electron chi connectivity index (χ4n) is 3.91. The van der Waals surface area contributed by atoms with Gasteiger partial charge in [-0.1, -0.05) is 11.6 Å². The lowest BCUT2D eigenvalue weighted by Crippen LogP contribution is -2.14. The molecule has 3 aromatic heterocycles. The van der Waals surface area contributed by atoms with Gasteiger partial charge in [-0.3, -0.25) is 0 Å². The minimum absolute atomic E-state index is 0.438. The van der Waals surface area contributed by atoms with Crippen molar-refractivity contribution in [1.82, 2.24) is 19.5 Å². The van der Waals surface area contributed by atoms with Crippen LogP contribution in [0, 0.1) is 0 Å². The lowest BCUT2D eigenvalue weighted by Gasteiger charge is -2.23. The molecule has 3 atom stereocenters. The minimum Gasteiger partial charge on any atom is -0.311 e. The largest absolute Gasteiger partial charge is 0.311 e. The molecule has 2 bridgehead atoms. The van der Waals surface area contributed by atoms with Crippen LogP contribution in [0.4, 0.5) is 0 Å². The molecule has 2 aliphatic rings. The lowest BCUT2D eigenvalue weighted by molar-refractivity contribution is 0.460. The zero-order valence-electron chi connectivity index (χ0n) is 10.5. The SMILES string of the molecule is Clc1ncnc2c1ncn2C1C[C@H]2C[C@@H]1c1ccsc12. The first-order valence-electron chi connectivity index (χ1n) is 6.73. The maximum absolute atomic E-state index is 6.09. The van der Waals surface area contributed by atoms with Gasteiger partial charge in [0.25, 0.3) is 0 Å². The second-order valence-corrected chi connectivity index (χ2v) is 6.88. The summed E-state index contributed by atoms with van der Waals surface area (Å²) in [5, 5.41) is 2.66. The Morgan fingerprint density at radius 1 is 1.25 bits per heavy atom. The van der Waals surface area contributed by atoms with Crippen molar-refractivity contribution in [2.45, 2.75) is 30.7 Å². The molecular weight excluding hydrogens is 292 g/mol. The smallest absolute Gasteiger partial charge is 0.165 e. The molecule has 20 heavy (non-hydrogen) atoms. The Hall–Kier alpha value is -1.46. The van der Waals surface area contributed by atoms with Gasteiger partial charge in [0.05, 0.1) is 6.33 Å². The Balaban J connectivity index is 1.66. The van der Waals surface area contributed by atoms with Crippen LogP contribution in [0.5, 0.6) is 0 Å². The fourth-order valence-corrected chi connectivity index (χ4v) is 5.19. The summed E-state index contributed by atoms with van der Waals surface area (Å²) < 4.78 is 2.20. The van der Waals surface area contributed by atoms with E-state index in [0.717, 1.165) is 11.6 Å². The molecule has 0 amide bonds. The van der Waals surface area contributed by atoms with Crippen LogP contribution >= 0.6 is 22.9 Å². The number of fused-ring (bicyclic) bond motifs is 6. The first kappa shape index (κ1) is 11.2. The number of hydrogen-bond acceptors (Lipinski definition) is 4. The number of rotatable bonds is 1. The van der Waals surface area contributed by atoms with E-state index in [1.807, 2.05) is 17.7 Å². The molecule has 0 spiro atoms. The first-order valence-corrected chi connectivity index (χ1v) is 7.99. The van der Waals surface area contributed by atoms with E-state index >= 15 is 0 Å². The highest BCUT2D eigenvalue weighted by Crippen LogP contribution is 2.59. The van der Waals surface area contributed by atoms with Crippen molar-refractivity contribution in [3.8, 4) is 0 Å². The van der Waals surface area contributed by atoms with Crippen molar-refractivity contribution in [3.05, 3.63) is 39.7 Å². The van der Waals surface area contributed by atoms with Crippen LogP contribution in [0.1, 0.15) is 41.2 Å². The quantitative estimate of drug-likeness (QED) is 0.643. The molecule has 0 saturated heterocycles. The van der Waals surface area contributed by atoms with Crippen LogP contribution in [-0.2, 0) is 0 Å². The highest BCUT2D eigenvalue weighted by Gasteiger charge is 2.45. The minimum atomic E-state index is 0.438. The number of thiophene rings is 1. The van der Waals surface area contributed by atoms with Crippen molar-refractivity contribution in [2.24, 2.45) is 0 Å². The second kappa shape index (κ2) is 3.80. The molecular formula is C14H11ClN4S. The molecule has 1 fully saturated rings. The Morgan fingerprint density at radius 2 is 2.20 bits per heavy atom. The summed E-state index contributed by atoms with van der Waals surface area (Å²) in [6.45, 7) is 0. The van der Waals surface area contributed by atoms with Gasteiger partial charge in [-0.2, -0.15) is 0 Å². The molecule has 0 aromatic carbocycles. The van der Waals surface area contributed by atoms with E-state index in [2.05, 4.69) is 31.0 Å². The van der Waals surface area contributed by atoms with Gasteiger partial charge < -0.3 is 4.57 Å². The van der Waals surface area contributed by atoms with E-state index in [1.54, 1.807) is 10.4 Å². The Bertz CT molecular complexity index is 824. The van der Waals surface area contributed by atoms with Gasteiger partial charge >= 0.3 is 0 Å². The summed E-state index contributed by atoms with van der Waals surface area (Å²) in [4.78, 5) is 14.4. The summed E-state index contributed by atoms with van der Waals surface area (Å²) in [5.41, 5.74) is 3.11. The normalized spacial score (nSPS) is 27.4. The summed E-state index contributed by atoms with van der Waals surface area (Å²) >= 11 is 8.00. The van der Waals surface area contributed by atoms with Crippen LogP contribution < -0.4 is 0 Å². The van der Waals surface area contributed by atoms with Gasteiger partial charge in [0.1, 0.15) is 11.8 Å². The zero-order chi connectivity index (χ0) is 13.3. The third-order valence-electron chi connectivity index (χ3n) is 4.70. The third kappa shape index (κ3) is 1.29. The molecule has 0 N–H and O–H groups in total. The summed E-state index contributed by atoms with van der Waals surface area (Å²) in [6.07, 6.45) is 5.85. The summed E-state index contributed by atoms with van der Waals surface area (Å²) in [6, 6.07) is 2.75. The van der Waals surface area contributed by atoms with Crippen LogP contribution in [0.2, 0.25) is 5.15 Å². The van der Waals surface area contributed by atoms with E-state index in [0.29, 0.717) is 22.6 Å². The van der Waals surface area contributed by atoms with Crippen LogP contribution in [0.3, 0.4) is 0 Å². The predicted molar refractivity (Wildman–Crippen MR) is 78.4 cm³/mol. The number of imidazole rings is 1. The molecule has 5 rings (SSSR count). The maximum Gasteiger partial charge on any atom is 0.165 e. The average Bonchev–Trinajstić information content (AvgIpc) is 3.19. The van der Waals surface area contributed by atoms with Gasteiger partial charge in [-0.15, -0.1) is 11.3 Å². The van der Waals surface area contributed by atoms with Gasteiger partial charge in [0, 0.05) is 16.8 Å². The number of nitrogens with zero attached hydrogens (tertiary/aromatic N) is 4. The monoisotopic (exact) mass is 302 g/mol. The molecule has 3 aromatic rings. The Kier molecular flexibility index (Phi) is 2.13. The van der Waals surface area contributed by atoms with E-state index in [-0.39, 0.29) is 0 Å². The van der Waals surface area contributed by atoms with Gasteiger partial charge in [-0.25, -0.2) is 15.0 Å². The van der Waals surface area contributed by atoms with Crippen LogP contribution in [0.15, 0.2) is 24.1 Å². The van der Waals surface area contributed by atoms with Crippen LogP contribution in [-0.4, -0.2) is 19.5 Å². The molecule has 100 valence electrons. The van der Waals surface area contributed by atoms with Crippen molar-refractivity contribution in [3.63, 3.8) is 0 Å². The average molecular weight is 303 g/mol. The highest BCUT2D eigenvalue weighted by molar-refractivity contribution is 7.10. The zero-order valence-corrected chi connectivity index (χ0v) is 12.1. The topological polar surface area (TPSA) is 43.6 Å². The fraction of sp³-hybridized carbons (Fsp3) is 0.357. The number of hydrogen-bond donors (Lipinski definition) is 0. The highest BCUT2D eigenvalue weighted by atomic mass is 35.5. The third-order valence-corrected chi connectivity index (χ3v) is 6.07. The van der Waals surface area contributed by atoms with Gasteiger partial charge in [-0.05, 0) is 35.8 Å². The predicted octanol–water partition coefficient (Wildman–Crippen LogP) is 3.76. The number of aromatic nitrogens is 4. The number of halogens is 1. The van der Waals surface area contributed by atoms with E-state index in [1.165, 1.54) is 19.2 Å². The Morgan fingerprint density at radius 3 is 3.15 bits per heavy atom. The molecule has 6 heteroatoms. The molecule has 4 nitrogen and oxygen atoms in total. The Labute approximate surface area is 124 Å². The van der Waals surface area contributed by atoms with Gasteiger partial charge in [0.2, 0.25) is 0 Å². The van der Waals surface area contributed by atoms with E-state index in [9.17, 15) is 0 Å². The molecule has 1 saturated carbocycles. The second-order valence-electron chi connectivity index (χ2n) is 5.57. The maximum atomic E-state index is 6.09. The van der Waals surface area contributed by atoms with Crippen molar-refractivity contribution < 1.29 is 0 Å². The molecule has 1 unspecified atom stereocenters. The summed E-state index contributed by atoms with van der Waals surface area (Å²) in [5.74, 6) is 1.32. The van der Waals surface area contributed by atoms with E-state index < -0.39 is 0 Å². The molecule has 2 aliphatic carbocycles. The van der Waals surface area contributed by atoms with Gasteiger partial charge in [0.15, 0.2) is 10.8 Å².